The van der Waals surface area contributed by atoms with Gasteiger partial charge in [0.2, 0.25) is 0 Å². The molecule has 0 radical (unpaired) electrons. The van der Waals surface area contributed by atoms with Crippen LogP contribution in [0.5, 0.6) is 5.75 Å². The summed E-state index contributed by atoms with van der Waals surface area (Å²) < 4.78 is 39.4. The molecule has 29 heavy (non-hydrogen) atoms. The SMILES string of the molecule is COC(=O)c1scc(-c2ccc(C)cc2)c1S(=O)(=O)Nc1cc(C)ccc1OC. The Balaban J connectivity index is 2.17. The van der Waals surface area contributed by atoms with Crippen LogP contribution in [0.15, 0.2) is 52.7 Å². The Kier molecular flexibility index (Phi) is 5.95. The Morgan fingerprint density at radius 2 is 1.66 bits per heavy atom. The van der Waals surface area contributed by atoms with Crippen LogP contribution in [0.1, 0.15) is 20.8 Å². The van der Waals surface area contributed by atoms with Crippen LogP contribution in [-0.4, -0.2) is 28.6 Å². The van der Waals surface area contributed by atoms with Crippen molar-refractivity contribution < 1.29 is 22.7 Å². The van der Waals surface area contributed by atoms with Gasteiger partial charge in [0.05, 0.1) is 19.9 Å². The van der Waals surface area contributed by atoms with Crippen molar-refractivity contribution in [3.63, 3.8) is 0 Å². The number of ether oxygens (including phenoxy) is 2. The second-order valence-electron chi connectivity index (χ2n) is 6.47. The zero-order valence-electron chi connectivity index (χ0n) is 16.5. The third-order valence-corrected chi connectivity index (χ3v) is 6.89. The van der Waals surface area contributed by atoms with Crippen molar-refractivity contribution in [1.29, 1.82) is 0 Å². The maximum Gasteiger partial charge on any atom is 0.349 e. The number of anilines is 1. The average Bonchev–Trinajstić information content (AvgIpc) is 3.14. The maximum absolute atomic E-state index is 13.4. The quantitative estimate of drug-likeness (QED) is 0.576. The second kappa shape index (κ2) is 8.26. The highest BCUT2D eigenvalue weighted by atomic mass is 32.2. The molecule has 1 aromatic heterocycles. The van der Waals surface area contributed by atoms with Gasteiger partial charge < -0.3 is 9.47 Å². The van der Waals surface area contributed by atoms with E-state index in [0.717, 1.165) is 22.5 Å². The Morgan fingerprint density at radius 3 is 2.28 bits per heavy atom. The minimum atomic E-state index is -4.11. The number of benzene rings is 2. The molecule has 0 unspecified atom stereocenters. The number of carbonyl (C=O) groups is 1. The van der Waals surface area contributed by atoms with E-state index in [9.17, 15) is 13.2 Å². The second-order valence-corrected chi connectivity index (χ2v) is 8.97. The van der Waals surface area contributed by atoms with E-state index in [1.807, 2.05) is 44.2 Å². The number of sulfonamides is 1. The highest BCUT2D eigenvalue weighted by Crippen LogP contribution is 2.38. The molecule has 0 aliphatic rings. The smallest absolute Gasteiger partial charge is 0.349 e. The van der Waals surface area contributed by atoms with Gasteiger partial charge in [0.15, 0.2) is 0 Å². The fourth-order valence-corrected chi connectivity index (χ4v) is 5.66. The molecule has 3 aromatic rings. The Labute approximate surface area is 174 Å². The molecule has 0 atom stereocenters. The van der Waals surface area contributed by atoms with Crippen LogP contribution in [0, 0.1) is 13.8 Å². The van der Waals surface area contributed by atoms with Crippen molar-refractivity contribution >= 4 is 33.0 Å². The van der Waals surface area contributed by atoms with Gasteiger partial charge in [-0.25, -0.2) is 13.2 Å². The molecule has 0 amide bonds. The summed E-state index contributed by atoms with van der Waals surface area (Å²) in [6, 6.07) is 12.6. The average molecular weight is 432 g/mol. The van der Waals surface area contributed by atoms with E-state index < -0.39 is 16.0 Å². The fourth-order valence-electron chi connectivity index (χ4n) is 2.88. The van der Waals surface area contributed by atoms with Gasteiger partial charge >= 0.3 is 5.97 Å². The Hall–Kier alpha value is -2.84. The van der Waals surface area contributed by atoms with Crippen LogP contribution in [0.25, 0.3) is 11.1 Å². The molecular formula is C21H21NO5S2. The summed E-state index contributed by atoms with van der Waals surface area (Å²) in [4.78, 5) is 12.2. The molecule has 0 fully saturated rings. The molecule has 3 rings (SSSR count). The number of methoxy groups -OCH3 is 2. The molecule has 6 nitrogen and oxygen atoms in total. The van der Waals surface area contributed by atoms with Crippen molar-refractivity contribution in [3.05, 3.63) is 63.8 Å². The lowest BCUT2D eigenvalue weighted by atomic mass is 10.1. The van der Waals surface area contributed by atoms with Crippen LogP contribution >= 0.6 is 11.3 Å². The molecule has 2 aromatic carbocycles. The Bertz CT molecular complexity index is 1150. The van der Waals surface area contributed by atoms with E-state index in [0.29, 0.717) is 22.6 Å². The maximum atomic E-state index is 13.4. The first-order chi connectivity index (χ1) is 13.8. The normalized spacial score (nSPS) is 11.2. The number of rotatable bonds is 6. The number of nitrogens with one attached hydrogen (secondary N) is 1. The zero-order valence-corrected chi connectivity index (χ0v) is 18.1. The highest BCUT2D eigenvalue weighted by Gasteiger charge is 2.30. The Morgan fingerprint density at radius 1 is 1.00 bits per heavy atom. The van der Waals surface area contributed by atoms with Gasteiger partial charge in [-0.15, -0.1) is 11.3 Å². The predicted molar refractivity (Wildman–Crippen MR) is 114 cm³/mol. The molecule has 0 saturated heterocycles. The van der Waals surface area contributed by atoms with Gasteiger partial charge in [-0.2, -0.15) is 0 Å². The molecule has 0 spiro atoms. The van der Waals surface area contributed by atoms with E-state index in [4.69, 9.17) is 9.47 Å². The lowest BCUT2D eigenvalue weighted by Crippen LogP contribution is -2.17. The first-order valence-electron chi connectivity index (χ1n) is 8.71. The fraction of sp³-hybridized carbons (Fsp3) is 0.190. The van der Waals surface area contributed by atoms with Gasteiger partial charge in [-0.1, -0.05) is 35.9 Å². The van der Waals surface area contributed by atoms with Crippen molar-refractivity contribution in [2.45, 2.75) is 18.7 Å². The van der Waals surface area contributed by atoms with Gasteiger partial charge in [-0.05, 0) is 37.1 Å². The molecule has 8 heteroatoms. The molecule has 0 bridgehead atoms. The largest absolute Gasteiger partial charge is 0.495 e. The number of esters is 1. The van der Waals surface area contributed by atoms with E-state index >= 15 is 0 Å². The summed E-state index contributed by atoms with van der Waals surface area (Å²) in [6.45, 7) is 3.79. The predicted octanol–water partition coefficient (Wildman–Crippen LogP) is 4.63. The summed E-state index contributed by atoms with van der Waals surface area (Å²) in [5.41, 5.74) is 3.34. The monoisotopic (exact) mass is 431 g/mol. The molecule has 0 aliphatic carbocycles. The highest BCUT2D eigenvalue weighted by molar-refractivity contribution is 7.93. The van der Waals surface area contributed by atoms with Gasteiger partial charge in [0, 0.05) is 10.9 Å². The van der Waals surface area contributed by atoms with E-state index in [1.54, 1.807) is 17.5 Å². The van der Waals surface area contributed by atoms with Crippen molar-refractivity contribution in [2.75, 3.05) is 18.9 Å². The third kappa shape index (κ3) is 4.28. The van der Waals surface area contributed by atoms with Crippen molar-refractivity contribution in [2.24, 2.45) is 0 Å². The first kappa shape index (κ1) is 20.9. The number of aryl methyl sites for hydroxylation is 2. The molecule has 152 valence electrons. The van der Waals surface area contributed by atoms with Crippen LogP contribution in [0.2, 0.25) is 0 Å². The number of carbonyl (C=O) groups excluding carboxylic acids is 1. The van der Waals surface area contributed by atoms with Crippen LogP contribution in [0.4, 0.5) is 5.69 Å². The summed E-state index contributed by atoms with van der Waals surface area (Å²) in [5, 5.41) is 1.65. The lowest BCUT2D eigenvalue weighted by Gasteiger charge is -2.14. The number of hydrogen-bond donors (Lipinski definition) is 1. The lowest BCUT2D eigenvalue weighted by molar-refractivity contribution is 0.0602. The minimum absolute atomic E-state index is 0.0159. The standard InChI is InChI=1S/C21H21NO5S2/c1-13-5-8-15(9-6-13)16-12-28-19(21(23)27-4)20(16)29(24,25)22-17-11-14(2)7-10-18(17)26-3/h5-12,22H,1-4H3. The third-order valence-electron chi connectivity index (χ3n) is 4.35. The number of hydrogen-bond acceptors (Lipinski definition) is 6. The van der Waals surface area contributed by atoms with Crippen LogP contribution < -0.4 is 9.46 Å². The molecule has 0 saturated carbocycles. The molecule has 1 heterocycles. The van der Waals surface area contributed by atoms with Crippen molar-refractivity contribution in [3.8, 4) is 16.9 Å². The topological polar surface area (TPSA) is 81.7 Å². The molecule has 1 N–H and O–H groups in total. The van der Waals surface area contributed by atoms with E-state index in [1.165, 1.54) is 14.2 Å². The minimum Gasteiger partial charge on any atom is -0.495 e. The van der Waals surface area contributed by atoms with Crippen LogP contribution in [-0.2, 0) is 14.8 Å². The number of thiophene rings is 1. The summed E-state index contributed by atoms with van der Waals surface area (Å²) in [7, 11) is -1.43. The van der Waals surface area contributed by atoms with Crippen LogP contribution in [0.3, 0.4) is 0 Å². The molecule has 0 aliphatic heterocycles. The summed E-state index contributed by atoms with van der Waals surface area (Å²) in [6.07, 6.45) is 0. The summed E-state index contributed by atoms with van der Waals surface area (Å²) in [5.74, 6) is -0.323. The van der Waals surface area contributed by atoms with Gasteiger partial charge in [0.1, 0.15) is 15.5 Å². The van der Waals surface area contributed by atoms with Gasteiger partial charge in [-0.3, -0.25) is 4.72 Å². The zero-order chi connectivity index (χ0) is 21.2. The van der Waals surface area contributed by atoms with Gasteiger partial charge in [0.25, 0.3) is 10.0 Å². The molecular weight excluding hydrogens is 410 g/mol. The van der Waals surface area contributed by atoms with E-state index in [-0.39, 0.29) is 9.77 Å². The van der Waals surface area contributed by atoms with Crippen molar-refractivity contribution in [1.82, 2.24) is 0 Å². The summed E-state index contributed by atoms with van der Waals surface area (Å²) >= 11 is 1.03. The van der Waals surface area contributed by atoms with E-state index in [2.05, 4.69) is 4.72 Å². The first-order valence-corrected chi connectivity index (χ1v) is 11.1.